The van der Waals surface area contributed by atoms with E-state index in [4.69, 9.17) is 4.74 Å². The Balaban J connectivity index is 1.59. The molecule has 2 aromatic carbocycles. The highest BCUT2D eigenvalue weighted by Crippen LogP contribution is 2.39. The van der Waals surface area contributed by atoms with E-state index in [-0.39, 0.29) is 11.8 Å². The summed E-state index contributed by atoms with van der Waals surface area (Å²) in [5.74, 6) is 0.634. The van der Waals surface area contributed by atoms with Crippen LogP contribution in [0, 0.1) is 6.92 Å². The maximum absolute atomic E-state index is 13.0. The molecule has 0 atom stereocenters. The number of ether oxygens (including phenoxy) is 1. The molecule has 6 heteroatoms. The van der Waals surface area contributed by atoms with Gasteiger partial charge in [0, 0.05) is 23.7 Å². The Hall–Kier alpha value is -3.38. The van der Waals surface area contributed by atoms with Crippen molar-refractivity contribution in [1.29, 1.82) is 0 Å². The van der Waals surface area contributed by atoms with E-state index in [1.807, 2.05) is 42.6 Å². The normalized spacial score (nSPS) is 12.9. The van der Waals surface area contributed by atoms with E-state index in [1.54, 1.807) is 47.6 Å². The molecule has 3 aromatic rings. The highest BCUT2D eigenvalue weighted by atomic mass is 32.1. The first-order valence-electron chi connectivity index (χ1n) is 8.74. The first-order valence-corrected chi connectivity index (χ1v) is 9.62. The summed E-state index contributed by atoms with van der Waals surface area (Å²) in [4.78, 5) is 27.7. The molecule has 0 saturated carbocycles. The first-order chi connectivity index (χ1) is 13.5. The molecule has 140 valence electrons. The lowest BCUT2D eigenvalue weighted by Crippen LogP contribution is -2.25. The van der Waals surface area contributed by atoms with Crippen molar-refractivity contribution in [1.82, 2.24) is 0 Å². The van der Waals surface area contributed by atoms with Gasteiger partial charge in [-0.05, 0) is 60.3 Å². The summed E-state index contributed by atoms with van der Waals surface area (Å²) in [6.07, 6.45) is 3.23. The summed E-state index contributed by atoms with van der Waals surface area (Å²) >= 11 is 1.55. The predicted molar refractivity (Wildman–Crippen MR) is 112 cm³/mol. The van der Waals surface area contributed by atoms with Crippen molar-refractivity contribution < 1.29 is 14.3 Å². The van der Waals surface area contributed by atoms with Gasteiger partial charge in [-0.3, -0.25) is 9.59 Å². The van der Waals surface area contributed by atoms with Gasteiger partial charge in [-0.2, -0.15) is 0 Å². The second-order valence-electron chi connectivity index (χ2n) is 6.49. The second kappa shape index (κ2) is 7.32. The number of rotatable bonds is 3. The molecule has 0 spiro atoms. The van der Waals surface area contributed by atoms with Crippen LogP contribution in [0.25, 0.3) is 6.08 Å². The molecular weight excluding hydrogens is 372 g/mol. The highest BCUT2D eigenvalue weighted by Gasteiger charge is 2.26. The molecule has 2 amide bonds. The number of carbonyl (C=O) groups excluding carboxylic acids is 2. The van der Waals surface area contributed by atoms with Crippen LogP contribution in [-0.2, 0) is 4.79 Å². The minimum Gasteiger partial charge on any atom is -0.454 e. The van der Waals surface area contributed by atoms with Crippen LogP contribution in [0.15, 0.2) is 60.0 Å². The van der Waals surface area contributed by atoms with Gasteiger partial charge in [0.15, 0.2) is 5.75 Å². The molecule has 1 aliphatic rings. The zero-order valence-corrected chi connectivity index (χ0v) is 16.2. The molecule has 1 aromatic heterocycles. The smallest absolute Gasteiger partial charge is 0.261 e. The Morgan fingerprint density at radius 2 is 1.96 bits per heavy atom. The number of aryl methyl sites for hydroxylation is 1. The van der Waals surface area contributed by atoms with E-state index >= 15 is 0 Å². The lowest BCUT2D eigenvalue weighted by atomic mass is 10.1. The molecule has 1 N–H and O–H groups in total. The first kappa shape index (κ1) is 18.0. The van der Waals surface area contributed by atoms with E-state index in [1.165, 1.54) is 6.08 Å². The van der Waals surface area contributed by atoms with Gasteiger partial charge in [-0.15, -0.1) is 11.3 Å². The largest absolute Gasteiger partial charge is 0.454 e. The standard InChI is InChI=1S/C22H18N2O3S/c1-14-5-8-20-18(12-14)24(2)22(26)17-13-15(6-9-19(17)27-20)23-21(25)10-7-16-4-3-11-28-16/h3-13H,1-2H3,(H,23,25)/b10-7+. The topological polar surface area (TPSA) is 58.6 Å². The summed E-state index contributed by atoms with van der Waals surface area (Å²) in [6, 6.07) is 14.6. The lowest BCUT2D eigenvalue weighted by Gasteiger charge is -2.16. The maximum atomic E-state index is 13.0. The van der Waals surface area contributed by atoms with Gasteiger partial charge < -0.3 is 15.0 Å². The SMILES string of the molecule is Cc1ccc2c(c1)N(C)C(=O)c1cc(NC(=O)/C=C/c3cccs3)ccc1O2. The van der Waals surface area contributed by atoms with E-state index in [9.17, 15) is 9.59 Å². The average Bonchev–Trinajstić information content (AvgIpc) is 3.18. The van der Waals surface area contributed by atoms with Gasteiger partial charge in [0.05, 0.1) is 11.3 Å². The fraction of sp³-hybridized carbons (Fsp3) is 0.0909. The minimum absolute atomic E-state index is 0.190. The number of fused-ring (bicyclic) bond motifs is 2. The number of hydrogen-bond donors (Lipinski definition) is 1. The van der Waals surface area contributed by atoms with Gasteiger partial charge in [0.1, 0.15) is 5.75 Å². The van der Waals surface area contributed by atoms with E-state index in [0.717, 1.165) is 10.4 Å². The number of hydrogen-bond acceptors (Lipinski definition) is 4. The maximum Gasteiger partial charge on any atom is 0.261 e. The molecule has 2 heterocycles. The van der Waals surface area contributed by atoms with Crippen molar-refractivity contribution in [3.8, 4) is 11.5 Å². The summed E-state index contributed by atoms with van der Waals surface area (Å²) in [5, 5.41) is 4.74. The van der Waals surface area contributed by atoms with Gasteiger partial charge in [-0.25, -0.2) is 0 Å². The van der Waals surface area contributed by atoms with Gasteiger partial charge in [0.2, 0.25) is 5.91 Å². The quantitative estimate of drug-likeness (QED) is 0.634. The van der Waals surface area contributed by atoms with Gasteiger partial charge >= 0.3 is 0 Å². The second-order valence-corrected chi connectivity index (χ2v) is 7.47. The van der Waals surface area contributed by atoms with Crippen molar-refractivity contribution in [2.75, 3.05) is 17.3 Å². The van der Waals surface area contributed by atoms with E-state index in [2.05, 4.69) is 5.32 Å². The van der Waals surface area contributed by atoms with Crippen LogP contribution >= 0.6 is 11.3 Å². The number of anilines is 2. The summed E-state index contributed by atoms with van der Waals surface area (Å²) in [5.41, 5.74) is 2.69. The fourth-order valence-electron chi connectivity index (χ4n) is 2.98. The Kier molecular flexibility index (Phi) is 4.71. The number of carbonyl (C=O) groups is 2. The molecule has 4 rings (SSSR count). The summed E-state index contributed by atoms with van der Waals surface area (Å²) in [7, 11) is 1.72. The van der Waals surface area contributed by atoms with Crippen molar-refractivity contribution in [3.63, 3.8) is 0 Å². The number of amides is 2. The molecule has 1 aliphatic heterocycles. The minimum atomic E-state index is -0.261. The highest BCUT2D eigenvalue weighted by molar-refractivity contribution is 7.10. The van der Waals surface area contributed by atoms with Gasteiger partial charge in [0.25, 0.3) is 5.91 Å². The molecular formula is C22H18N2O3S. The van der Waals surface area contributed by atoms with Crippen molar-refractivity contribution in [2.45, 2.75) is 6.92 Å². The average molecular weight is 390 g/mol. The monoisotopic (exact) mass is 390 g/mol. The zero-order valence-electron chi connectivity index (χ0n) is 15.4. The van der Waals surface area contributed by atoms with Crippen LogP contribution in [-0.4, -0.2) is 18.9 Å². The van der Waals surface area contributed by atoms with Crippen molar-refractivity contribution in [2.24, 2.45) is 0 Å². The molecule has 0 bridgehead atoms. The van der Waals surface area contributed by atoms with Crippen LogP contribution in [0.1, 0.15) is 20.8 Å². The van der Waals surface area contributed by atoms with Crippen molar-refractivity contribution >= 4 is 40.6 Å². The van der Waals surface area contributed by atoms with Crippen LogP contribution < -0.4 is 15.0 Å². The summed E-state index contributed by atoms with van der Waals surface area (Å²) in [6.45, 7) is 1.97. The van der Waals surface area contributed by atoms with E-state index in [0.29, 0.717) is 28.4 Å². The third-order valence-electron chi connectivity index (χ3n) is 4.42. The third kappa shape index (κ3) is 3.54. The zero-order chi connectivity index (χ0) is 19.7. The fourth-order valence-corrected chi connectivity index (χ4v) is 3.59. The predicted octanol–water partition coefficient (Wildman–Crippen LogP) is 5.09. The molecule has 0 fully saturated rings. The Bertz CT molecular complexity index is 1090. The van der Waals surface area contributed by atoms with Crippen LogP contribution in [0.2, 0.25) is 0 Å². The molecule has 0 saturated heterocycles. The number of nitrogens with zero attached hydrogens (tertiary/aromatic N) is 1. The molecule has 0 radical (unpaired) electrons. The molecule has 0 unspecified atom stereocenters. The Morgan fingerprint density at radius 3 is 2.75 bits per heavy atom. The van der Waals surface area contributed by atoms with Crippen molar-refractivity contribution in [3.05, 3.63) is 76.0 Å². The molecule has 0 aliphatic carbocycles. The molecule has 28 heavy (non-hydrogen) atoms. The number of nitrogens with one attached hydrogen (secondary N) is 1. The van der Waals surface area contributed by atoms with E-state index < -0.39 is 0 Å². The van der Waals surface area contributed by atoms with Crippen LogP contribution in [0.4, 0.5) is 11.4 Å². The Morgan fingerprint density at radius 1 is 1.14 bits per heavy atom. The lowest BCUT2D eigenvalue weighted by molar-refractivity contribution is -0.111. The number of thiophene rings is 1. The molecule has 5 nitrogen and oxygen atoms in total. The number of benzene rings is 2. The van der Waals surface area contributed by atoms with Crippen LogP contribution in [0.3, 0.4) is 0 Å². The van der Waals surface area contributed by atoms with Crippen LogP contribution in [0.5, 0.6) is 11.5 Å². The van der Waals surface area contributed by atoms with Gasteiger partial charge in [-0.1, -0.05) is 12.1 Å². The third-order valence-corrected chi connectivity index (χ3v) is 5.26. The summed E-state index contributed by atoms with van der Waals surface area (Å²) < 4.78 is 5.97. The Labute approximate surface area is 166 Å².